The van der Waals surface area contributed by atoms with E-state index in [1.807, 2.05) is 0 Å². The predicted octanol–water partition coefficient (Wildman–Crippen LogP) is 1.78. The molecule has 0 spiro atoms. The Hall–Kier alpha value is -1.34. The molecule has 0 saturated heterocycles. The maximum Gasteiger partial charge on any atom is 0.114 e. The van der Waals surface area contributed by atoms with E-state index in [1.54, 1.807) is 24.0 Å². The van der Waals surface area contributed by atoms with Crippen LogP contribution < -0.4 is 0 Å². The van der Waals surface area contributed by atoms with Crippen molar-refractivity contribution in [3.8, 4) is 6.07 Å². The molecule has 1 aromatic rings. The summed E-state index contributed by atoms with van der Waals surface area (Å²) in [6.07, 6.45) is 3.49. The highest BCUT2D eigenvalue weighted by Crippen LogP contribution is 2.49. The van der Waals surface area contributed by atoms with Gasteiger partial charge in [0.1, 0.15) is 6.10 Å². The summed E-state index contributed by atoms with van der Waals surface area (Å²) >= 11 is 0. The maximum absolute atomic E-state index is 10.4. The summed E-state index contributed by atoms with van der Waals surface area (Å²) < 4.78 is 1.65. The molecule has 0 bridgehead atoms. The first kappa shape index (κ1) is 11.2. The van der Waals surface area contributed by atoms with Gasteiger partial charge in [0.2, 0.25) is 0 Å². The first-order valence-electron chi connectivity index (χ1n) is 5.66. The topological polar surface area (TPSA) is 61.8 Å². The molecule has 4 nitrogen and oxygen atoms in total. The fourth-order valence-electron chi connectivity index (χ4n) is 2.68. The molecule has 1 fully saturated rings. The normalized spacial score (nSPS) is 31.2. The van der Waals surface area contributed by atoms with Crippen molar-refractivity contribution in [1.82, 2.24) is 9.78 Å². The number of hydrogen-bond acceptors (Lipinski definition) is 3. The molecule has 1 heterocycles. The quantitative estimate of drug-likeness (QED) is 0.824. The van der Waals surface area contributed by atoms with Crippen molar-refractivity contribution in [1.29, 1.82) is 5.26 Å². The molecule has 1 N–H and O–H groups in total. The van der Waals surface area contributed by atoms with Crippen LogP contribution in [0.3, 0.4) is 0 Å². The summed E-state index contributed by atoms with van der Waals surface area (Å²) in [5, 5.41) is 23.8. The third-order valence-electron chi connectivity index (χ3n) is 3.68. The highest BCUT2D eigenvalue weighted by molar-refractivity contribution is 5.17. The Balaban J connectivity index is 2.30. The van der Waals surface area contributed by atoms with E-state index in [1.165, 1.54) is 0 Å². The van der Waals surface area contributed by atoms with Crippen molar-refractivity contribution < 1.29 is 5.11 Å². The molecule has 0 radical (unpaired) electrons. The van der Waals surface area contributed by atoms with Gasteiger partial charge in [-0.2, -0.15) is 10.4 Å². The average molecular weight is 219 g/mol. The molecule has 16 heavy (non-hydrogen) atoms. The minimum absolute atomic E-state index is 0.516. The number of aromatic nitrogens is 2. The molecular formula is C12H17N3O. The first-order chi connectivity index (χ1) is 7.59. The number of nitriles is 1. The second-order valence-corrected chi connectivity index (χ2v) is 4.90. The van der Waals surface area contributed by atoms with Gasteiger partial charge < -0.3 is 5.11 Å². The van der Waals surface area contributed by atoms with Gasteiger partial charge in [-0.15, -0.1) is 0 Å². The van der Waals surface area contributed by atoms with Gasteiger partial charge >= 0.3 is 0 Å². The molecule has 1 aliphatic rings. The number of aryl methyl sites for hydroxylation is 1. The zero-order chi connectivity index (χ0) is 11.8. The van der Waals surface area contributed by atoms with E-state index in [9.17, 15) is 10.4 Å². The Morgan fingerprint density at radius 1 is 1.75 bits per heavy atom. The van der Waals surface area contributed by atoms with Gasteiger partial charge in [-0.3, -0.25) is 4.68 Å². The highest BCUT2D eigenvalue weighted by Gasteiger charge is 2.45. The molecule has 1 saturated carbocycles. The van der Waals surface area contributed by atoms with Crippen LogP contribution in [0.25, 0.3) is 0 Å². The maximum atomic E-state index is 10.4. The van der Waals surface area contributed by atoms with Crippen molar-refractivity contribution >= 4 is 0 Å². The van der Waals surface area contributed by atoms with Gasteiger partial charge in [-0.05, 0) is 31.2 Å². The van der Waals surface area contributed by atoms with Crippen LogP contribution in [0.15, 0.2) is 12.3 Å². The van der Waals surface area contributed by atoms with E-state index in [2.05, 4.69) is 18.1 Å². The first-order valence-corrected chi connectivity index (χ1v) is 5.66. The van der Waals surface area contributed by atoms with Gasteiger partial charge in [0, 0.05) is 13.2 Å². The fraction of sp³-hybridized carbons (Fsp3) is 0.667. The summed E-state index contributed by atoms with van der Waals surface area (Å²) in [6, 6.07) is 4.12. The minimum Gasteiger partial charge on any atom is -0.385 e. The number of hydrogen-bond donors (Lipinski definition) is 1. The van der Waals surface area contributed by atoms with E-state index in [-0.39, 0.29) is 0 Å². The van der Waals surface area contributed by atoms with Crippen LogP contribution in [0.2, 0.25) is 0 Å². The monoisotopic (exact) mass is 219 g/mol. The van der Waals surface area contributed by atoms with E-state index >= 15 is 0 Å². The van der Waals surface area contributed by atoms with Crippen LogP contribution in [0.4, 0.5) is 0 Å². The molecule has 0 aromatic carbocycles. The standard InChI is InChI=1S/C12H17N3O/c1-9-3-5-12(7-9,8-13)11(16)10-4-6-14-15(10)2/h4,6,9,11,16H,3,5,7H2,1-2H3. The van der Waals surface area contributed by atoms with Crippen LogP contribution >= 0.6 is 0 Å². The molecule has 3 unspecified atom stereocenters. The second-order valence-electron chi connectivity index (χ2n) is 4.90. The van der Waals surface area contributed by atoms with Gasteiger partial charge in [-0.1, -0.05) is 6.92 Å². The summed E-state index contributed by atoms with van der Waals surface area (Å²) in [4.78, 5) is 0. The Morgan fingerprint density at radius 3 is 2.94 bits per heavy atom. The van der Waals surface area contributed by atoms with E-state index in [4.69, 9.17) is 0 Å². The van der Waals surface area contributed by atoms with E-state index < -0.39 is 11.5 Å². The Labute approximate surface area is 95.5 Å². The summed E-state index contributed by atoms with van der Waals surface area (Å²) in [5.74, 6) is 0.516. The molecule has 4 heteroatoms. The average Bonchev–Trinajstić information content (AvgIpc) is 2.84. The van der Waals surface area contributed by atoms with Crippen molar-refractivity contribution in [2.24, 2.45) is 18.4 Å². The Kier molecular flexibility index (Phi) is 2.73. The van der Waals surface area contributed by atoms with Crippen LogP contribution in [-0.4, -0.2) is 14.9 Å². The summed E-state index contributed by atoms with van der Waals surface area (Å²) in [5.41, 5.74) is 0.114. The molecule has 1 aromatic heterocycles. The third kappa shape index (κ3) is 1.61. The Morgan fingerprint density at radius 2 is 2.50 bits per heavy atom. The van der Waals surface area contributed by atoms with Crippen LogP contribution in [-0.2, 0) is 7.05 Å². The zero-order valence-corrected chi connectivity index (χ0v) is 9.72. The van der Waals surface area contributed by atoms with Crippen LogP contribution in [0.5, 0.6) is 0 Å². The molecule has 0 amide bonds. The fourth-order valence-corrected chi connectivity index (χ4v) is 2.68. The minimum atomic E-state index is -0.727. The number of aliphatic hydroxyl groups is 1. The second kappa shape index (κ2) is 3.91. The van der Waals surface area contributed by atoms with E-state index in [0.717, 1.165) is 25.0 Å². The molecular weight excluding hydrogens is 202 g/mol. The molecule has 86 valence electrons. The van der Waals surface area contributed by atoms with Gasteiger partial charge in [0.25, 0.3) is 0 Å². The van der Waals surface area contributed by atoms with Crippen LogP contribution in [0.1, 0.15) is 38.0 Å². The van der Waals surface area contributed by atoms with Gasteiger partial charge in [0.15, 0.2) is 0 Å². The summed E-state index contributed by atoms with van der Waals surface area (Å²) in [6.45, 7) is 2.13. The number of aliphatic hydroxyl groups excluding tert-OH is 1. The Bertz CT molecular complexity index is 420. The lowest BCUT2D eigenvalue weighted by Gasteiger charge is -2.27. The lowest BCUT2D eigenvalue weighted by molar-refractivity contribution is 0.0576. The number of nitrogens with zero attached hydrogens (tertiary/aromatic N) is 3. The predicted molar refractivity (Wildman–Crippen MR) is 59.2 cm³/mol. The lowest BCUT2D eigenvalue weighted by atomic mass is 9.79. The van der Waals surface area contributed by atoms with Crippen LogP contribution in [0, 0.1) is 22.7 Å². The molecule has 0 aliphatic heterocycles. The third-order valence-corrected chi connectivity index (χ3v) is 3.68. The SMILES string of the molecule is CC1CCC(C#N)(C(O)c2ccnn2C)C1. The van der Waals surface area contributed by atoms with Crippen molar-refractivity contribution in [2.45, 2.75) is 32.3 Å². The van der Waals surface area contributed by atoms with Crippen molar-refractivity contribution in [2.75, 3.05) is 0 Å². The van der Waals surface area contributed by atoms with Gasteiger partial charge in [-0.25, -0.2) is 0 Å². The van der Waals surface area contributed by atoms with Crippen molar-refractivity contribution in [3.05, 3.63) is 18.0 Å². The zero-order valence-electron chi connectivity index (χ0n) is 9.72. The lowest BCUT2D eigenvalue weighted by Crippen LogP contribution is -2.26. The molecule has 1 aliphatic carbocycles. The number of rotatable bonds is 2. The van der Waals surface area contributed by atoms with Crippen molar-refractivity contribution in [3.63, 3.8) is 0 Å². The summed E-state index contributed by atoms with van der Waals surface area (Å²) in [7, 11) is 1.79. The largest absolute Gasteiger partial charge is 0.385 e. The molecule has 3 atom stereocenters. The highest BCUT2D eigenvalue weighted by atomic mass is 16.3. The molecule has 2 rings (SSSR count). The van der Waals surface area contributed by atoms with Gasteiger partial charge in [0.05, 0.1) is 17.2 Å². The van der Waals surface area contributed by atoms with E-state index in [0.29, 0.717) is 5.92 Å². The smallest absolute Gasteiger partial charge is 0.114 e.